The van der Waals surface area contributed by atoms with Crippen LogP contribution in [0.1, 0.15) is 12.5 Å². The summed E-state index contributed by atoms with van der Waals surface area (Å²) in [5.74, 6) is -0.310. The monoisotopic (exact) mass is 295 g/mol. The first-order valence-corrected chi connectivity index (χ1v) is 6.96. The van der Waals surface area contributed by atoms with Gasteiger partial charge >= 0.3 is 0 Å². The zero-order valence-electron chi connectivity index (χ0n) is 11.8. The van der Waals surface area contributed by atoms with E-state index in [1.165, 1.54) is 6.92 Å². The van der Waals surface area contributed by atoms with E-state index in [-0.39, 0.29) is 5.91 Å². The van der Waals surface area contributed by atoms with Crippen molar-refractivity contribution >= 4 is 5.91 Å². The molecule has 3 unspecified atom stereocenters. The molecule has 5 atom stereocenters. The lowest BCUT2D eigenvalue weighted by atomic mass is 9.89. The molecule has 1 heterocycles. The van der Waals surface area contributed by atoms with Gasteiger partial charge in [0.15, 0.2) is 0 Å². The van der Waals surface area contributed by atoms with Crippen molar-refractivity contribution in [3.05, 3.63) is 35.9 Å². The second kappa shape index (κ2) is 7.00. The number of carbonyl (C=O) groups is 1. The molecule has 116 valence electrons. The average Bonchev–Trinajstić information content (AvgIpc) is 2.47. The zero-order valence-corrected chi connectivity index (χ0v) is 11.8. The molecule has 6 heteroatoms. The summed E-state index contributed by atoms with van der Waals surface area (Å²) in [4.78, 5) is 11.3. The van der Waals surface area contributed by atoms with Gasteiger partial charge in [0.2, 0.25) is 5.91 Å². The van der Waals surface area contributed by atoms with Crippen molar-refractivity contribution in [1.29, 1.82) is 0 Å². The van der Waals surface area contributed by atoms with Crippen LogP contribution in [0.5, 0.6) is 0 Å². The molecule has 21 heavy (non-hydrogen) atoms. The molecule has 1 aromatic carbocycles. The number of aliphatic hydroxyl groups excluding tert-OH is 3. The van der Waals surface area contributed by atoms with Gasteiger partial charge < -0.3 is 25.4 Å². The summed E-state index contributed by atoms with van der Waals surface area (Å²) in [5.41, 5.74) is 0.984. The number of benzene rings is 1. The predicted molar refractivity (Wildman–Crippen MR) is 75.5 cm³/mol. The van der Waals surface area contributed by atoms with E-state index in [9.17, 15) is 20.1 Å². The van der Waals surface area contributed by atoms with Crippen LogP contribution in [0.2, 0.25) is 0 Å². The van der Waals surface area contributed by atoms with E-state index >= 15 is 0 Å². The molecular formula is C15H21NO5. The smallest absolute Gasteiger partial charge is 0.217 e. The minimum atomic E-state index is -1.24. The van der Waals surface area contributed by atoms with Crippen LogP contribution in [-0.4, -0.2) is 58.3 Å². The highest BCUT2D eigenvalue weighted by Gasteiger charge is 2.44. The molecule has 1 aliphatic rings. The Morgan fingerprint density at radius 2 is 1.86 bits per heavy atom. The van der Waals surface area contributed by atoms with Gasteiger partial charge in [-0.3, -0.25) is 4.79 Å². The lowest BCUT2D eigenvalue weighted by molar-refractivity contribution is -0.194. The Hall–Kier alpha value is -1.47. The van der Waals surface area contributed by atoms with E-state index in [4.69, 9.17) is 4.74 Å². The quantitative estimate of drug-likeness (QED) is 0.584. The summed E-state index contributed by atoms with van der Waals surface area (Å²) in [5, 5.41) is 32.0. The van der Waals surface area contributed by atoms with Crippen molar-refractivity contribution in [2.24, 2.45) is 0 Å². The van der Waals surface area contributed by atoms with E-state index < -0.39 is 37.1 Å². The van der Waals surface area contributed by atoms with Crippen LogP contribution in [0.25, 0.3) is 0 Å². The number of rotatable bonds is 4. The van der Waals surface area contributed by atoms with Crippen molar-refractivity contribution in [1.82, 2.24) is 5.32 Å². The minimum absolute atomic E-state index is 0.310. The molecule has 0 aromatic heterocycles. The third-order valence-electron chi connectivity index (χ3n) is 3.68. The van der Waals surface area contributed by atoms with Crippen LogP contribution in [0.3, 0.4) is 0 Å². The molecule has 0 saturated carbocycles. The maximum absolute atomic E-state index is 11.3. The van der Waals surface area contributed by atoms with Gasteiger partial charge in [-0.25, -0.2) is 0 Å². The Morgan fingerprint density at radius 1 is 1.19 bits per heavy atom. The van der Waals surface area contributed by atoms with Crippen LogP contribution < -0.4 is 5.32 Å². The summed E-state index contributed by atoms with van der Waals surface area (Å²) in [7, 11) is 0. The first-order chi connectivity index (χ1) is 10.0. The Balaban J connectivity index is 2.18. The van der Waals surface area contributed by atoms with Crippen LogP contribution in [0, 0.1) is 0 Å². The van der Waals surface area contributed by atoms with Gasteiger partial charge in [-0.2, -0.15) is 0 Å². The van der Waals surface area contributed by atoms with Gasteiger partial charge in [0.25, 0.3) is 0 Å². The summed E-state index contributed by atoms with van der Waals surface area (Å²) >= 11 is 0. The van der Waals surface area contributed by atoms with E-state index in [2.05, 4.69) is 5.32 Å². The number of amides is 1. The Labute approximate surface area is 123 Å². The Morgan fingerprint density at radius 3 is 2.43 bits per heavy atom. The van der Waals surface area contributed by atoms with Crippen molar-refractivity contribution in [2.45, 2.75) is 43.8 Å². The zero-order chi connectivity index (χ0) is 15.4. The van der Waals surface area contributed by atoms with Crippen LogP contribution in [0.15, 0.2) is 30.3 Å². The van der Waals surface area contributed by atoms with Crippen molar-refractivity contribution < 1.29 is 24.9 Å². The molecular weight excluding hydrogens is 274 g/mol. The van der Waals surface area contributed by atoms with Gasteiger partial charge in [-0.15, -0.1) is 0 Å². The number of hydrogen-bond acceptors (Lipinski definition) is 5. The predicted octanol–water partition coefficient (Wildman–Crippen LogP) is -0.785. The average molecular weight is 295 g/mol. The van der Waals surface area contributed by atoms with E-state index in [1.54, 1.807) is 0 Å². The maximum atomic E-state index is 11.3. The topological polar surface area (TPSA) is 99.0 Å². The van der Waals surface area contributed by atoms with Crippen molar-refractivity contribution in [3.63, 3.8) is 0 Å². The van der Waals surface area contributed by atoms with E-state index in [1.807, 2.05) is 30.3 Å². The molecule has 1 aromatic rings. The fourth-order valence-corrected chi connectivity index (χ4v) is 2.63. The molecule has 1 saturated heterocycles. The standard InChI is InChI=1S/C15H21NO5/c1-9(18)16-13-11(7-10-5-3-2-4-6-10)21-12(8-17)14(19)15(13)20/h2-6,11-15,17,19-20H,7-8H2,1H3,(H,16,18)/t11?,12?,13?,14-,15+/m0/s1. The number of ether oxygens (including phenoxy) is 1. The molecule has 6 nitrogen and oxygen atoms in total. The molecule has 4 N–H and O–H groups in total. The number of aliphatic hydroxyl groups is 3. The van der Waals surface area contributed by atoms with Crippen LogP contribution >= 0.6 is 0 Å². The minimum Gasteiger partial charge on any atom is -0.394 e. The van der Waals surface area contributed by atoms with Crippen LogP contribution in [-0.2, 0) is 16.0 Å². The van der Waals surface area contributed by atoms with Gasteiger partial charge in [-0.05, 0) is 5.56 Å². The van der Waals surface area contributed by atoms with Gasteiger partial charge in [0.1, 0.15) is 18.3 Å². The van der Waals surface area contributed by atoms with Gasteiger partial charge in [0.05, 0.1) is 18.8 Å². The number of nitrogens with one attached hydrogen (secondary N) is 1. The fraction of sp³-hybridized carbons (Fsp3) is 0.533. The first kappa shape index (κ1) is 15.9. The van der Waals surface area contributed by atoms with E-state index in [0.717, 1.165) is 5.56 Å². The molecule has 2 rings (SSSR count). The highest BCUT2D eigenvalue weighted by molar-refractivity contribution is 5.73. The lowest BCUT2D eigenvalue weighted by Crippen LogP contribution is -2.64. The molecule has 0 bridgehead atoms. The molecule has 1 aliphatic heterocycles. The Bertz CT molecular complexity index is 466. The van der Waals surface area contributed by atoms with Gasteiger partial charge in [0, 0.05) is 13.3 Å². The second-order valence-corrected chi connectivity index (χ2v) is 5.29. The first-order valence-electron chi connectivity index (χ1n) is 6.96. The summed E-state index contributed by atoms with van der Waals surface area (Å²) < 4.78 is 5.66. The lowest BCUT2D eigenvalue weighted by Gasteiger charge is -2.42. The number of carbonyl (C=O) groups excluding carboxylic acids is 1. The highest BCUT2D eigenvalue weighted by Crippen LogP contribution is 2.24. The van der Waals surface area contributed by atoms with Crippen molar-refractivity contribution in [3.8, 4) is 0 Å². The summed E-state index contributed by atoms with van der Waals surface area (Å²) in [6.45, 7) is 0.952. The highest BCUT2D eigenvalue weighted by atomic mass is 16.5. The molecule has 0 aliphatic carbocycles. The van der Waals surface area contributed by atoms with Crippen molar-refractivity contribution in [2.75, 3.05) is 6.61 Å². The number of hydrogen-bond donors (Lipinski definition) is 4. The van der Waals surface area contributed by atoms with E-state index in [0.29, 0.717) is 6.42 Å². The normalized spacial score (nSPS) is 32.7. The summed E-state index contributed by atoms with van der Waals surface area (Å²) in [6.07, 6.45) is -3.34. The molecule has 0 radical (unpaired) electrons. The van der Waals surface area contributed by atoms with Gasteiger partial charge in [-0.1, -0.05) is 30.3 Å². The summed E-state index contributed by atoms with van der Waals surface area (Å²) in [6, 6.07) is 8.78. The largest absolute Gasteiger partial charge is 0.394 e. The third-order valence-corrected chi connectivity index (χ3v) is 3.68. The molecule has 1 amide bonds. The fourth-order valence-electron chi connectivity index (χ4n) is 2.63. The maximum Gasteiger partial charge on any atom is 0.217 e. The SMILES string of the molecule is CC(=O)NC1C(Cc2ccccc2)OC(CO)[C@H](O)[C@@H]1O. The van der Waals surface area contributed by atoms with Crippen LogP contribution in [0.4, 0.5) is 0 Å². The second-order valence-electron chi connectivity index (χ2n) is 5.29. The third kappa shape index (κ3) is 3.79. The molecule has 1 fully saturated rings. The Kier molecular flexibility index (Phi) is 5.30. The molecule has 0 spiro atoms.